The van der Waals surface area contributed by atoms with Crippen molar-refractivity contribution in [1.29, 1.82) is 0 Å². The monoisotopic (exact) mass is 357 g/mol. The number of fused-ring (bicyclic) bond motifs is 1. The molecule has 2 aromatic rings. The lowest BCUT2D eigenvalue weighted by Gasteiger charge is -2.18. The molecule has 0 bridgehead atoms. The third kappa shape index (κ3) is 3.95. The van der Waals surface area contributed by atoms with E-state index in [1.54, 1.807) is 16.7 Å². The number of benzene rings is 1. The Kier molecular flexibility index (Phi) is 5.58. The van der Waals surface area contributed by atoms with Gasteiger partial charge in [0.05, 0.1) is 16.2 Å². The second kappa shape index (κ2) is 7.87. The molecule has 0 radical (unpaired) electrons. The molecule has 0 aliphatic heterocycles. The first-order valence-corrected chi connectivity index (χ1v) is 9.55. The summed E-state index contributed by atoms with van der Waals surface area (Å²) in [6, 6.07) is 7.57. The third-order valence-corrected chi connectivity index (χ3v) is 5.58. The fraction of sp³-hybridized carbons (Fsp3) is 0.421. The quantitative estimate of drug-likeness (QED) is 0.490. The zero-order valence-electron chi connectivity index (χ0n) is 14.4. The van der Waals surface area contributed by atoms with Crippen LogP contribution in [0.4, 0.5) is 0 Å². The molecule has 1 saturated carbocycles. The SMILES string of the molecule is C=CCn1c(SC(C)C(=O)NC2CCCC2)nc2ccccc2c1=O. The summed E-state index contributed by atoms with van der Waals surface area (Å²) in [6.45, 7) is 5.95. The van der Waals surface area contributed by atoms with Crippen molar-refractivity contribution in [3.63, 3.8) is 0 Å². The molecule has 1 N–H and O–H groups in total. The summed E-state index contributed by atoms with van der Waals surface area (Å²) < 4.78 is 1.58. The molecule has 132 valence electrons. The van der Waals surface area contributed by atoms with Gasteiger partial charge in [0.25, 0.3) is 5.56 Å². The van der Waals surface area contributed by atoms with Crippen LogP contribution in [-0.2, 0) is 11.3 Å². The second-order valence-corrected chi connectivity index (χ2v) is 7.67. The van der Waals surface area contributed by atoms with Gasteiger partial charge in [-0.3, -0.25) is 14.2 Å². The van der Waals surface area contributed by atoms with E-state index in [1.807, 2.05) is 25.1 Å². The lowest BCUT2D eigenvalue weighted by molar-refractivity contribution is -0.120. The van der Waals surface area contributed by atoms with Crippen LogP contribution >= 0.6 is 11.8 Å². The molecule has 1 fully saturated rings. The van der Waals surface area contributed by atoms with Gasteiger partial charge in [0, 0.05) is 12.6 Å². The van der Waals surface area contributed by atoms with Gasteiger partial charge in [-0.05, 0) is 31.9 Å². The third-order valence-electron chi connectivity index (χ3n) is 4.49. The van der Waals surface area contributed by atoms with E-state index in [-0.39, 0.29) is 22.8 Å². The van der Waals surface area contributed by atoms with Gasteiger partial charge in [0.2, 0.25) is 5.91 Å². The number of nitrogens with zero attached hydrogens (tertiary/aromatic N) is 2. The summed E-state index contributed by atoms with van der Waals surface area (Å²) in [5.41, 5.74) is 0.551. The Bertz CT molecular complexity index is 840. The molecule has 1 aromatic heterocycles. The summed E-state index contributed by atoms with van der Waals surface area (Å²) in [5, 5.41) is 3.93. The van der Waals surface area contributed by atoms with Gasteiger partial charge in [0.1, 0.15) is 0 Å². The molecule has 1 aliphatic rings. The number of carbonyl (C=O) groups excluding carboxylic acids is 1. The first-order chi connectivity index (χ1) is 12.1. The molecule has 1 unspecified atom stereocenters. The Morgan fingerprint density at radius 3 is 2.88 bits per heavy atom. The highest BCUT2D eigenvalue weighted by atomic mass is 32.2. The van der Waals surface area contributed by atoms with Crippen LogP contribution in [0.3, 0.4) is 0 Å². The average Bonchev–Trinajstić information content (AvgIpc) is 3.11. The number of carbonyl (C=O) groups is 1. The summed E-state index contributed by atoms with van der Waals surface area (Å²) in [5.74, 6) is 0.00413. The van der Waals surface area contributed by atoms with Gasteiger partial charge in [-0.25, -0.2) is 4.98 Å². The minimum absolute atomic E-state index is 0.00413. The van der Waals surface area contributed by atoms with Crippen LogP contribution in [0.1, 0.15) is 32.6 Å². The van der Waals surface area contributed by atoms with Crippen LogP contribution < -0.4 is 10.9 Å². The molecule has 25 heavy (non-hydrogen) atoms. The van der Waals surface area contributed by atoms with Crippen molar-refractivity contribution in [2.75, 3.05) is 0 Å². The smallest absolute Gasteiger partial charge is 0.262 e. The number of para-hydroxylation sites is 1. The van der Waals surface area contributed by atoms with E-state index >= 15 is 0 Å². The Morgan fingerprint density at radius 1 is 1.44 bits per heavy atom. The highest BCUT2D eigenvalue weighted by molar-refractivity contribution is 8.00. The predicted octanol–water partition coefficient (Wildman–Crippen LogP) is 3.12. The Hall–Kier alpha value is -2.08. The molecule has 0 saturated heterocycles. The van der Waals surface area contributed by atoms with E-state index in [1.165, 1.54) is 24.6 Å². The zero-order chi connectivity index (χ0) is 17.8. The highest BCUT2D eigenvalue weighted by Gasteiger charge is 2.23. The van der Waals surface area contributed by atoms with Crippen molar-refractivity contribution in [3.05, 3.63) is 47.3 Å². The fourth-order valence-electron chi connectivity index (χ4n) is 3.13. The van der Waals surface area contributed by atoms with Gasteiger partial charge in [-0.2, -0.15) is 0 Å². The van der Waals surface area contributed by atoms with Gasteiger partial charge in [-0.1, -0.05) is 42.8 Å². The maximum Gasteiger partial charge on any atom is 0.262 e. The zero-order valence-corrected chi connectivity index (χ0v) is 15.2. The van der Waals surface area contributed by atoms with E-state index < -0.39 is 0 Å². The van der Waals surface area contributed by atoms with Crippen LogP contribution in [0.25, 0.3) is 10.9 Å². The summed E-state index contributed by atoms with van der Waals surface area (Å²) >= 11 is 1.32. The highest BCUT2D eigenvalue weighted by Crippen LogP contribution is 2.24. The number of amides is 1. The van der Waals surface area contributed by atoms with Crippen molar-refractivity contribution in [2.45, 2.75) is 55.6 Å². The molecule has 3 rings (SSSR count). The van der Waals surface area contributed by atoms with Gasteiger partial charge in [0.15, 0.2) is 5.16 Å². The fourth-order valence-corrected chi connectivity index (χ4v) is 4.06. The number of allylic oxidation sites excluding steroid dienone is 1. The van der Waals surface area contributed by atoms with Crippen molar-refractivity contribution >= 4 is 28.6 Å². The van der Waals surface area contributed by atoms with Crippen LogP contribution in [0.2, 0.25) is 0 Å². The maximum atomic E-state index is 12.7. The molecular formula is C19H23N3O2S. The van der Waals surface area contributed by atoms with E-state index in [0.29, 0.717) is 22.6 Å². The normalized spacial score (nSPS) is 16.0. The van der Waals surface area contributed by atoms with Crippen LogP contribution in [0.5, 0.6) is 0 Å². The van der Waals surface area contributed by atoms with Crippen molar-refractivity contribution in [3.8, 4) is 0 Å². The van der Waals surface area contributed by atoms with Gasteiger partial charge < -0.3 is 5.32 Å². The molecule has 1 aromatic carbocycles. The number of rotatable bonds is 6. The Morgan fingerprint density at radius 2 is 2.16 bits per heavy atom. The Balaban J connectivity index is 1.86. The summed E-state index contributed by atoms with van der Waals surface area (Å²) in [6.07, 6.45) is 6.14. The largest absolute Gasteiger partial charge is 0.352 e. The first-order valence-electron chi connectivity index (χ1n) is 8.67. The lowest BCUT2D eigenvalue weighted by Crippen LogP contribution is -2.38. The molecule has 5 nitrogen and oxygen atoms in total. The van der Waals surface area contributed by atoms with Gasteiger partial charge >= 0.3 is 0 Å². The van der Waals surface area contributed by atoms with Crippen LogP contribution in [0, 0.1) is 0 Å². The van der Waals surface area contributed by atoms with E-state index in [2.05, 4.69) is 16.9 Å². The van der Waals surface area contributed by atoms with Crippen LogP contribution in [-0.4, -0.2) is 26.8 Å². The van der Waals surface area contributed by atoms with Crippen LogP contribution in [0.15, 0.2) is 46.9 Å². The predicted molar refractivity (Wildman–Crippen MR) is 102 cm³/mol. The lowest BCUT2D eigenvalue weighted by atomic mass is 10.2. The minimum atomic E-state index is -0.315. The first kappa shape index (κ1) is 17.7. The molecule has 1 heterocycles. The van der Waals surface area contributed by atoms with Gasteiger partial charge in [-0.15, -0.1) is 6.58 Å². The molecule has 6 heteroatoms. The number of hydrogen-bond donors (Lipinski definition) is 1. The molecule has 1 atom stereocenters. The number of aromatic nitrogens is 2. The molecule has 1 amide bonds. The molecular weight excluding hydrogens is 334 g/mol. The van der Waals surface area contributed by atoms with E-state index in [9.17, 15) is 9.59 Å². The standard InChI is InChI=1S/C19H23N3O2S/c1-3-12-22-18(24)15-10-6-7-11-16(15)21-19(22)25-13(2)17(23)20-14-8-4-5-9-14/h3,6-7,10-11,13-14H,1,4-5,8-9,12H2,2H3,(H,20,23). The second-order valence-electron chi connectivity index (χ2n) is 6.37. The van der Waals surface area contributed by atoms with Crippen molar-refractivity contribution < 1.29 is 4.79 Å². The number of thioether (sulfide) groups is 1. The average molecular weight is 357 g/mol. The Labute approximate surface area is 151 Å². The summed E-state index contributed by atoms with van der Waals surface area (Å²) in [7, 11) is 0. The molecule has 0 spiro atoms. The number of nitrogens with one attached hydrogen (secondary N) is 1. The van der Waals surface area contributed by atoms with E-state index in [4.69, 9.17) is 0 Å². The molecule has 1 aliphatic carbocycles. The van der Waals surface area contributed by atoms with Crippen molar-refractivity contribution in [1.82, 2.24) is 14.9 Å². The minimum Gasteiger partial charge on any atom is -0.352 e. The topological polar surface area (TPSA) is 64.0 Å². The van der Waals surface area contributed by atoms with Crippen molar-refractivity contribution in [2.24, 2.45) is 0 Å². The van der Waals surface area contributed by atoms with E-state index in [0.717, 1.165) is 12.8 Å². The maximum absolute atomic E-state index is 12.7. The summed E-state index contributed by atoms with van der Waals surface area (Å²) in [4.78, 5) is 29.8. The number of hydrogen-bond acceptors (Lipinski definition) is 4.